The highest BCUT2D eigenvalue weighted by molar-refractivity contribution is 4.70. The Hall–Kier alpha value is -0.660. The number of rotatable bonds is 1. The summed E-state index contributed by atoms with van der Waals surface area (Å²) >= 11 is 0. The molecular formula is C4H10N2. The van der Waals surface area contributed by atoms with Crippen molar-refractivity contribution in [3.8, 4) is 0 Å². The zero-order valence-electron chi connectivity index (χ0n) is 4.18. The molecule has 0 saturated heterocycles. The highest BCUT2D eigenvalue weighted by Crippen LogP contribution is 1.67. The summed E-state index contributed by atoms with van der Waals surface area (Å²) in [6, 6.07) is 0. The quantitative estimate of drug-likeness (QED) is 0.486. The molecule has 0 aromatic heterocycles. The van der Waals surface area contributed by atoms with Gasteiger partial charge in [0, 0.05) is 26.5 Å². The predicted molar refractivity (Wildman–Crippen MR) is 27.0 cm³/mol. The Morgan fingerprint density at radius 3 is 2.00 bits per heavy atom. The lowest BCUT2D eigenvalue weighted by Gasteiger charge is -1.99. The van der Waals surface area contributed by atoms with E-state index in [0.717, 1.165) is 0 Å². The minimum Gasteiger partial charge on any atom is -0.403 e. The van der Waals surface area contributed by atoms with Crippen LogP contribution in [0.5, 0.6) is 0 Å². The lowest BCUT2D eigenvalue weighted by atomic mass is 10.8. The van der Waals surface area contributed by atoms with Gasteiger partial charge in [-0.05, 0) is 0 Å². The molecule has 2 nitrogen and oxygen atoms in total. The summed E-state index contributed by atoms with van der Waals surface area (Å²) in [5.74, 6) is 0. The van der Waals surface area contributed by atoms with Gasteiger partial charge in [0.05, 0.1) is 0 Å². The maximum Gasteiger partial charge on any atom is 0.0143 e. The first kappa shape index (κ1) is 5.34. The highest BCUT2D eigenvalue weighted by atomic mass is 15.0. The summed E-state index contributed by atoms with van der Waals surface area (Å²) in [7, 11) is 3.84. The van der Waals surface area contributed by atoms with E-state index in [1.807, 2.05) is 19.0 Å². The van der Waals surface area contributed by atoms with Crippen molar-refractivity contribution in [3.63, 3.8) is 0 Å². The fourth-order valence-corrected chi connectivity index (χ4v) is 0.172. The lowest BCUT2D eigenvalue weighted by Crippen LogP contribution is -2.01. The van der Waals surface area contributed by atoms with Crippen LogP contribution in [0.15, 0.2) is 12.4 Å². The van der Waals surface area contributed by atoms with Crippen molar-refractivity contribution in [1.29, 1.82) is 0 Å². The zero-order chi connectivity index (χ0) is 4.99. The molecule has 0 fully saturated rings. The summed E-state index contributed by atoms with van der Waals surface area (Å²) in [6.45, 7) is 0. The molecule has 0 unspecified atom stereocenters. The number of hydrogen-bond acceptors (Lipinski definition) is 2. The Balaban J connectivity index is 3.03. The van der Waals surface area contributed by atoms with Gasteiger partial charge in [-0.2, -0.15) is 0 Å². The van der Waals surface area contributed by atoms with Gasteiger partial charge in [0.2, 0.25) is 0 Å². The first-order valence-electron chi connectivity index (χ1n) is 1.82. The average molecular weight is 86.1 g/mol. The Kier molecular flexibility index (Phi) is 2.29. The van der Waals surface area contributed by atoms with E-state index < -0.39 is 0 Å². The van der Waals surface area contributed by atoms with E-state index in [-0.39, 0.29) is 0 Å². The van der Waals surface area contributed by atoms with E-state index in [1.165, 1.54) is 6.20 Å². The molecule has 0 amide bonds. The second-order valence-electron chi connectivity index (χ2n) is 1.31. The van der Waals surface area contributed by atoms with Crippen LogP contribution in [0, 0.1) is 0 Å². The van der Waals surface area contributed by atoms with E-state index in [1.54, 1.807) is 6.20 Å². The molecule has 0 aromatic rings. The minimum atomic E-state index is 1.50. The van der Waals surface area contributed by atoms with Crippen LogP contribution in [0.3, 0.4) is 0 Å². The molecule has 0 aliphatic heterocycles. The van der Waals surface area contributed by atoms with E-state index in [4.69, 9.17) is 5.73 Å². The largest absolute Gasteiger partial charge is 0.403 e. The van der Waals surface area contributed by atoms with Crippen LogP contribution in [0.2, 0.25) is 0 Å². The van der Waals surface area contributed by atoms with Gasteiger partial charge in [-0.3, -0.25) is 0 Å². The Morgan fingerprint density at radius 2 is 2.00 bits per heavy atom. The molecular weight excluding hydrogens is 76.1 g/mol. The number of nitrogens with zero attached hydrogens (tertiary/aromatic N) is 1. The fraction of sp³-hybridized carbons (Fsp3) is 0.500. The van der Waals surface area contributed by atoms with Crippen molar-refractivity contribution in [2.45, 2.75) is 0 Å². The second-order valence-corrected chi connectivity index (χ2v) is 1.31. The molecule has 0 spiro atoms. The molecule has 2 heteroatoms. The smallest absolute Gasteiger partial charge is 0.0143 e. The maximum absolute atomic E-state index is 5.01. The van der Waals surface area contributed by atoms with Crippen molar-refractivity contribution in [2.75, 3.05) is 14.1 Å². The Morgan fingerprint density at radius 1 is 1.50 bits per heavy atom. The number of nitrogens with two attached hydrogens (primary N) is 1. The third-order valence-electron chi connectivity index (χ3n) is 0.384. The van der Waals surface area contributed by atoms with Gasteiger partial charge in [-0.15, -0.1) is 0 Å². The molecule has 36 valence electrons. The summed E-state index contributed by atoms with van der Waals surface area (Å²) in [6.07, 6.45) is 3.28. The maximum atomic E-state index is 5.01. The fourth-order valence-electron chi connectivity index (χ4n) is 0.172. The first-order chi connectivity index (χ1) is 2.77. The standard InChI is InChI=1S/C4H10N2/c1-6(2)4-3-5/h3-4H,5H2,1-2H3/b4-3+. The monoisotopic (exact) mass is 86.1 g/mol. The molecule has 0 radical (unpaired) electrons. The van der Waals surface area contributed by atoms with Gasteiger partial charge in [0.15, 0.2) is 0 Å². The lowest BCUT2D eigenvalue weighted by molar-refractivity contribution is 0.562. The van der Waals surface area contributed by atoms with Gasteiger partial charge < -0.3 is 10.6 Å². The van der Waals surface area contributed by atoms with Gasteiger partial charge >= 0.3 is 0 Å². The van der Waals surface area contributed by atoms with Crippen LogP contribution >= 0.6 is 0 Å². The molecule has 0 heterocycles. The molecule has 0 saturated carbocycles. The summed E-state index contributed by atoms with van der Waals surface area (Å²) in [4.78, 5) is 1.88. The minimum absolute atomic E-state index is 1.50. The predicted octanol–water partition coefficient (Wildman–Crippen LogP) is -0.0221. The van der Waals surface area contributed by atoms with Gasteiger partial charge in [-0.25, -0.2) is 0 Å². The van der Waals surface area contributed by atoms with Gasteiger partial charge in [-0.1, -0.05) is 0 Å². The van der Waals surface area contributed by atoms with Crippen LogP contribution in [0.4, 0.5) is 0 Å². The van der Waals surface area contributed by atoms with Crippen molar-refractivity contribution >= 4 is 0 Å². The third kappa shape index (κ3) is 3.34. The summed E-state index contributed by atoms with van der Waals surface area (Å²) < 4.78 is 0. The molecule has 0 aliphatic rings. The van der Waals surface area contributed by atoms with Gasteiger partial charge in [0.1, 0.15) is 0 Å². The topological polar surface area (TPSA) is 29.3 Å². The van der Waals surface area contributed by atoms with Crippen LogP contribution in [0.25, 0.3) is 0 Å². The first-order valence-corrected chi connectivity index (χ1v) is 1.82. The molecule has 0 bridgehead atoms. The van der Waals surface area contributed by atoms with Crippen LogP contribution < -0.4 is 5.73 Å². The third-order valence-corrected chi connectivity index (χ3v) is 0.384. The normalized spacial score (nSPS) is 9.67. The molecule has 0 aliphatic carbocycles. The van der Waals surface area contributed by atoms with E-state index >= 15 is 0 Å². The van der Waals surface area contributed by atoms with Gasteiger partial charge in [0.25, 0.3) is 0 Å². The molecule has 0 aromatic carbocycles. The van der Waals surface area contributed by atoms with Crippen molar-refractivity contribution < 1.29 is 0 Å². The summed E-state index contributed by atoms with van der Waals surface area (Å²) in [5.41, 5.74) is 5.01. The SMILES string of the molecule is CN(C)/C=C/N. The Bertz CT molecular complexity index is 47.5. The average Bonchev–Trinajstić information content (AvgIpc) is 1.35. The molecule has 0 rings (SSSR count). The number of hydrogen-bond donors (Lipinski definition) is 1. The van der Waals surface area contributed by atoms with E-state index in [9.17, 15) is 0 Å². The van der Waals surface area contributed by atoms with Crippen LogP contribution in [0.1, 0.15) is 0 Å². The second kappa shape index (κ2) is 2.57. The van der Waals surface area contributed by atoms with Crippen molar-refractivity contribution in [3.05, 3.63) is 12.4 Å². The van der Waals surface area contributed by atoms with Crippen molar-refractivity contribution in [1.82, 2.24) is 4.90 Å². The molecule has 6 heavy (non-hydrogen) atoms. The van der Waals surface area contributed by atoms with E-state index in [2.05, 4.69) is 0 Å². The van der Waals surface area contributed by atoms with Crippen LogP contribution in [-0.2, 0) is 0 Å². The summed E-state index contributed by atoms with van der Waals surface area (Å²) in [5, 5.41) is 0. The van der Waals surface area contributed by atoms with Crippen molar-refractivity contribution in [2.24, 2.45) is 5.73 Å². The highest BCUT2D eigenvalue weighted by Gasteiger charge is 1.66. The molecule has 2 N–H and O–H groups in total. The molecule has 0 atom stereocenters. The van der Waals surface area contributed by atoms with E-state index in [0.29, 0.717) is 0 Å². The van der Waals surface area contributed by atoms with Crippen LogP contribution in [-0.4, -0.2) is 19.0 Å². The zero-order valence-corrected chi connectivity index (χ0v) is 4.18. The Labute approximate surface area is 38.2 Å².